The maximum Gasteiger partial charge on any atom is 0.262 e. The summed E-state index contributed by atoms with van der Waals surface area (Å²) in [5, 5.41) is 5.49. The summed E-state index contributed by atoms with van der Waals surface area (Å²) in [6.07, 6.45) is 5.59. The van der Waals surface area contributed by atoms with Crippen molar-refractivity contribution in [1.29, 1.82) is 0 Å². The molecule has 1 saturated carbocycles. The lowest BCUT2D eigenvalue weighted by atomic mass is 9.84. The SMILES string of the molecule is CC(NC(=O)C1CC(F)(F)CN1)C1CCCCC1.Cl. The van der Waals surface area contributed by atoms with E-state index in [1.54, 1.807) is 0 Å². The molecule has 2 unspecified atom stereocenters. The monoisotopic (exact) mass is 296 g/mol. The maximum absolute atomic E-state index is 13.0. The van der Waals surface area contributed by atoms with Crippen molar-refractivity contribution in [1.82, 2.24) is 10.6 Å². The van der Waals surface area contributed by atoms with E-state index < -0.39 is 12.0 Å². The Morgan fingerprint density at radius 1 is 1.32 bits per heavy atom. The summed E-state index contributed by atoms with van der Waals surface area (Å²) in [6, 6.07) is -0.639. The molecule has 112 valence electrons. The highest BCUT2D eigenvalue weighted by molar-refractivity contribution is 5.85. The molecule has 0 aromatic heterocycles. The van der Waals surface area contributed by atoms with Crippen molar-refractivity contribution in [3.63, 3.8) is 0 Å². The van der Waals surface area contributed by atoms with E-state index in [1.807, 2.05) is 6.92 Å². The fourth-order valence-electron chi connectivity index (χ4n) is 2.98. The van der Waals surface area contributed by atoms with Gasteiger partial charge in [0.25, 0.3) is 5.92 Å². The van der Waals surface area contributed by atoms with Crippen molar-refractivity contribution in [3.8, 4) is 0 Å². The largest absolute Gasteiger partial charge is 0.352 e. The normalized spacial score (nSPS) is 28.5. The number of carbonyl (C=O) groups excluding carboxylic acids is 1. The first kappa shape index (κ1) is 16.6. The van der Waals surface area contributed by atoms with E-state index in [1.165, 1.54) is 19.3 Å². The van der Waals surface area contributed by atoms with Crippen molar-refractivity contribution in [3.05, 3.63) is 0 Å². The van der Waals surface area contributed by atoms with Crippen molar-refractivity contribution in [2.75, 3.05) is 6.54 Å². The highest BCUT2D eigenvalue weighted by Gasteiger charge is 2.42. The molecule has 1 aliphatic heterocycles. The molecule has 0 radical (unpaired) electrons. The number of halogens is 3. The topological polar surface area (TPSA) is 41.1 Å². The smallest absolute Gasteiger partial charge is 0.262 e. The van der Waals surface area contributed by atoms with E-state index in [4.69, 9.17) is 0 Å². The summed E-state index contributed by atoms with van der Waals surface area (Å²) >= 11 is 0. The van der Waals surface area contributed by atoms with E-state index in [9.17, 15) is 13.6 Å². The van der Waals surface area contributed by atoms with Crippen molar-refractivity contribution < 1.29 is 13.6 Å². The van der Waals surface area contributed by atoms with Gasteiger partial charge in [0, 0.05) is 12.5 Å². The highest BCUT2D eigenvalue weighted by Crippen LogP contribution is 2.28. The van der Waals surface area contributed by atoms with E-state index in [2.05, 4.69) is 10.6 Å². The Kier molecular flexibility index (Phi) is 5.99. The van der Waals surface area contributed by atoms with Gasteiger partial charge in [0.15, 0.2) is 0 Å². The zero-order chi connectivity index (χ0) is 13.2. The number of rotatable bonds is 3. The maximum atomic E-state index is 13.0. The highest BCUT2D eigenvalue weighted by atomic mass is 35.5. The summed E-state index contributed by atoms with van der Waals surface area (Å²) in [6.45, 7) is 1.60. The van der Waals surface area contributed by atoms with Crippen molar-refractivity contribution >= 4 is 18.3 Å². The molecule has 1 aliphatic carbocycles. The molecule has 1 amide bonds. The summed E-state index contributed by atoms with van der Waals surface area (Å²) in [7, 11) is 0. The second kappa shape index (κ2) is 6.84. The number of alkyl halides is 2. The Balaban J connectivity index is 0.00000180. The fourth-order valence-corrected chi connectivity index (χ4v) is 2.98. The minimum Gasteiger partial charge on any atom is -0.352 e. The van der Waals surface area contributed by atoms with Crippen LogP contribution >= 0.6 is 12.4 Å². The van der Waals surface area contributed by atoms with Gasteiger partial charge < -0.3 is 5.32 Å². The summed E-state index contributed by atoms with van der Waals surface area (Å²) in [4.78, 5) is 11.9. The van der Waals surface area contributed by atoms with Gasteiger partial charge in [-0.1, -0.05) is 19.3 Å². The van der Waals surface area contributed by atoms with Gasteiger partial charge in [-0.25, -0.2) is 8.78 Å². The Hall–Kier alpha value is -0.420. The fraction of sp³-hybridized carbons (Fsp3) is 0.923. The molecule has 3 nitrogen and oxygen atoms in total. The van der Waals surface area contributed by atoms with Crippen LogP contribution < -0.4 is 10.6 Å². The van der Waals surface area contributed by atoms with Crippen LogP contribution in [0.15, 0.2) is 0 Å². The van der Waals surface area contributed by atoms with E-state index in [-0.39, 0.29) is 37.3 Å². The molecule has 0 aromatic rings. The first-order valence-corrected chi connectivity index (χ1v) is 6.89. The van der Waals surface area contributed by atoms with E-state index in [0.717, 1.165) is 12.8 Å². The van der Waals surface area contributed by atoms with Crippen LogP contribution in [0.4, 0.5) is 8.78 Å². The minimum atomic E-state index is -2.74. The number of hydrogen-bond acceptors (Lipinski definition) is 2. The number of carbonyl (C=O) groups is 1. The van der Waals surface area contributed by atoms with Gasteiger partial charge >= 0.3 is 0 Å². The van der Waals surface area contributed by atoms with Gasteiger partial charge in [-0.2, -0.15) is 0 Å². The standard InChI is InChI=1S/C13H22F2N2O.ClH/c1-9(10-5-3-2-4-6-10)17-12(18)11-7-13(14,15)8-16-11;/h9-11,16H,2-8H2,1H3,(H,17,18);1H. The summed E-state index contributed by atoms with van der Waals surface area (Å²) < 4.78 is 26.0. The molecule has 19 heavy (non-hydrogen) atoms. The molecular weight excluding hydrogens is 274 g/mol. The lowest BCUT2D eigenvalue weighted by molar-refractivity contribution is -0.124. The Bertz CT molecular complexity index is 309. The van der Waals surface area contributed by atoms with Gasteiger partial charge in [-0.15, -0.1) is 12.4 Å². The number of nitrogens with one attached hydrogen (secondary N) is 2. The van der Waals surface area contributed by atoms with Crippen LogP contribution in [0, 0.1) is 5.92 Å². The van der Waals surface area contributed by atoms with Crippen molar-refractivity contribution in [2.24, 2.45) is 5.92 Å². The lowest BCUT2D eigenvalue weighted by Crippen LogP contribution is -2.47. The Morgan fingerprint density at radius 2 is 1.95 bits per heavy atom. The summed E-state index contributed by atoms with van der Waals surface area (Å²) in [5.74, 6) is -2.51. The molecule has 2 N–H and O–H groups in total. The molecule has 2 rings (SSSR count). The lowest BCUT2D eigenvalue weighted by Gasteiger charge is -2.29. The quantitative estimate of drug-likeness (QED) is 0.840. The van der Waals surface area contributed by atoms with Crippen molar-refractivity contribution in [2.45, 2.75) is 63.5 Å². The average Bonchev–Trinajstić information content (AvgIpc) is 2.71. The third-order valence-corrected chi connectivity index (χ3v) is 4.15. The third-order valence-electron chi connectivity index (χ3n) is 4.15. The molecule has 2 fully saturated rings. The minimum absolute atomic E-state index is 0. The Morgan fingerprint density at radius 3 is 2.47 bits per heavy atom. The van der Waals surface area contributed by atoms with Crippen LogP contribution in [0.2, 0.25) is 0 Å². The molecule has 6 heteroatoms. The van der Waals surface area contributed by atoms with Crippen LogP contribution in [0.3, 0.4) is 0 Å². The molecule has 0 aromatic carbocycles. The van der Waals surface area contributed by atoms with Gasteiger partial charge in [-0.05, 0) is 25.7 Å². The first-order valence-electron chi connectivity index (χ1n) is 6.89. The van der Waals surface area contributed by atoms with E-state index in [0.29, 0.717) is 5.92 Å². The first-order chi connectivity index (χ1) is 8.48. The predicted octanol–water partition coefficient (Wildman–Crippen LogP) is 2.49. The van der Waals surface area contributed by atoms with Gasteiger partial charge in [0.1, 0.15) is 0 Å². The Labute approximate surface area is 119 Å². The van der Waals surface area contributed by atoms with Gasteiger partial charge in [-0.3, -0.25) is 10.1 Å². The van der Waals surface area contributed by atoms with Gasteiger partial charge in [0.05, 0.1) is 12.6 Å². The molecule has 1 saturated heterocycles. The molecule has 2 atom stereocenters. The van der Waals surface area contributed by atoms with E-state index >= 15 is 0 Å². The predicted molar refractivity (Wildman–Crippen MR) is 72.8 cm³/mol. The second-order valence-electron chi connectivity index (χ2n) is 5.69. The zero-order valence-corrected chi connectivity index (χ0v) is 12.1. The number of hydrogen-bond donors (Lipinski definition) is 2. The van der Waals surface area contributed by atoms with Crippen LogP contribution in [-0.2, 0) is 4.79 Å². The molecule has 2 aliphatic rings. The van der Waals surface area contributed by atoms with Gasteiger partial charge in [0.2, 0.25) is 5.91 Å². The average molecular weight is 297 g/mol. The van der Waals surface area contributed by atoms with Crippen LogP contribution in [-0.4, -0.2) is 30.5 Å². The van der Waals surface area contributed by atoms with Crippen LogP contribution in [0.1, 0.15) is 45.4 Å². The molecule has 1 heterocycles. The molecule has 0 spiro atoms. The second-order valence-corrected chi connectivity index (χ2v) is 5.69. The third kappa shape index (κ3) is 4.56. The zero-order valence-electron chi connectivity index (χ0n) is 11.3. The van der Waals surface area contributed by atoms with Crippen LogP contribution in [0.5, 0.6) is 0 Å². The summed E-state index contributed by atoms with van der Waals surface area (Å²) in [5.41, 5.74) is 0. The number of amides is 1. The molecule has 0 bridgehead atoms. The van der Waals surface area contributed by atoms with Crippen LogP contribution in [0.25, 0.3) is 0 Å². The molecular formula is C13H23ClF2N2O.